The van der Waals surface area contributed by atoms with Crippen LogP contribution in [0.4, 0.5) is 10.3 Å². The molecule has 0 aliphatic carbocycles. The van der Waals surface area contributed by atoms with Crippen molar-refractivity contribution in [2.75, 3.05) is 35.4 Å². The lowest BCUT2D eigenvalue weighted by Crippen LogP contribution is -2.26. The minimum absolute atomic E-state index is 0.0141. The summed E-state index contributed by atoms with van der Waals surface area (Å²) in [6, 6.07) is 7.46. The van der Waals surface area contributed by atoms with E-state index in [2.05, 4.69) is 43.0 Å². The van der Waals surface area contributed by atoms with Crippen LogP contribution in [0.25, 0.3) is 21.1 Å². The van der Waals surface area contributed by atoms with E-state index in [-0.39, 0.29) is 16.9 Å². The molecule has 0 N–H and O–H groups in total. The average molecular weight is 603 g/mol. The van der Waals surface area contributed by atoms with Crippen LogP contribution in [0.15, 0.2) is 49.1 Å². The second-order valence-electron chi connectivity index (χ2n) is 7.73. The van der Waals surface area contributed by atoms with E-state index < -0.39 is 0 Å². The highest BCUT2D eigenvalue weighted by Gasteiger charge is 2.17. The van der Waals surface area contributed by atoms with Gasteiger partial charge in [-0.15, -0.1) is 20.4 Å². The molecule has 0 aliphatic rings. The third kappa shape index (κ3) is 9.16. The number of nitrogens with zero attached hydrogens (tertiary/aromatic N) is 8. The summed E-state index contributed by atoms with van der Waals surface area (Å²) in [5.41, 5.74) is 1.77. The van der Waals surface area contributed by atoms with Crippen LogP contribution in [-0.2, 0) is 14.4 Å². The van der Waals surface area contributed by atoms with Crippen LogP contribution < -0.4 is 9.80 Å². The van der Waals surface area contributed by atoms with Crippen molar-refractivity contribution in [3.05, 3.63) is 49.1 Å². The molecule has 0 fully saturated rings. The van der Waals surface area contributed by atoms with Crippen LogP contribution in [-0.4, -0.2) is 72.9 Å². The van der Waals surface area contributed by atoms with E-state index in [1.807, 2.05) is 24.3 Å². The maximum atomic E-state index is 12.0. The molecule has 4 rings (SSSR count). The molecule has 0 radical (unpaired) electrons. The maximum absolute atomic E-state index is 12.0. The number of anilines is 2. The monoisotopic (exact) mass is 602 g/mol. The van der Waals surface area contributed by atoms with E-state index in [1.165, 1.54) is 39.4 Å². The average Bonchev–Trinajstić information content (AvgIpc) is 3.64. The first-order valence-corrected chi connectivity index (χ1v) is 14.8. The molecule has 204 valence electrons. The molecule has 2 amide bonds. The van der Waals surface area contributed by atoms with E-state index >= 15 is 0 Å². The van der Waals surface area contributed by atoms with E-state index in [0.29, 0.717) is 34.6 Å². The molecule has 39 heavy (non-hydrogen) atoms. The minimum atomic E-state index is -0.0855. The van der Waals surface area contributed by atoms with Crippen molar-refractivity contribution >= 4 is 74.3 Å². The number of amides is 2. The standard InChI is InChI=1S/C13H14N4O2S2.C11H12N4OS2/c1-9(18)20-7-5-11(19)17(2)13-16-15-12(21-13)10-4-3-6-14-8-10;1-15(9(16)4-6-17)11-14-13-10(18-11)8-3-2-5-12-7-8/h3-4,6,8H,5,7H2,1-2H3;2-3,5,7,17H,4,6H2,1H3. The molecule has 4 aromatic heterocycles. The number of hydrogen-bond acceptors (Lipinski definition) is 13. The Balaban J connectivity index is 0.000000218. The molecule has 4 aromatic rings. The van der Waals surface area contributed by atoms with Gasteiger partial charge in [-0.25, -0.2) is 0 Å². The third-order valence-electron chi connectivity index (χ3n) is 4.91. The summed E-state index contributed by atoms with van der Waals surface area (Å²) >= 11 is 7.89. The molecule has 0 aromatic carbocycles. The zero-order chi connectivity index (χ0) is 28.2. The second kappa shape index (κ2) is 15.4. The number of thiol groups is 1. The molecule has 0 saturated carbocycles. The normalized spacial score (nSPS) is 10.4. The highest BCUT2D eigenvalue weighted by Crippen LogP contribution is 2.28. The molecule has 15 heteroatoms. The van der Waals surface area contributed by atoms with Gasteiger partial charge in [-0.2, -0.15) is 12.6 Å². The number of carbonyl (C=O) groups excluding carboxylic acids is 3. The van der Waals surface area contributed by atoms with Gasteiger partial charge < -0.3 is 0 Å². The van der Waals surface area contributed by atoms with Gasteiger partial charge in [0, 0.05) is 75.5 Å². The quantitative estimate of drug-likeness (QED) is 0.279. The molecule has 0 bridgehead atoms. The number of rotatable bonds is 9. The van der Waals surface area contributed by atoms with Gasteiger partial charge in [-0.05, 0) is 30.0 Å². The topological polar surface area (TPSA) is 135 Å². The molecule has 0 spiro atoms. The highest BCUT2D eigenvalue weighted by atomic mass is 32.2. The van der Waals surface area contributed by atoms with Crippen molar-refractivity contribution in [1.29, 1.82) is 0 Å². The SMILES string of the molecule is CC(=O)SCCC(=O)N(C)c1nnc(-c2cccnc2)s1.CN(C(=O)CCS)c1nnc(-c2cccnc2)s1. The molecule has 0 saturated heterocycles. The lowest BCUT2D eigenvalue weighted by molar-refractivity contribution is -0.118. The zero-order valence-corrected chi connectivity index (χ0v) is 24.8. The fraction of sp³-hybridized carbons (Fsp3) is 0.292. The van der Waals surface area contributed by atoms with Crippen molar-refractivity contribution in [2.45, 2.75) is 19.8 Å². The Morgan fingerprint density at radius 2 is 1.31 bits per heavy atom. The Morgan fingerprint density at radius 1 is 0.821 bits per heavy atom. The lowest BCUT2D eigenvalue weighted by atomic mass is 10.3. The highest BCUT2D eigenvalue weighted by molar-refractivity contribution is 8.13. The predicted molar refractivity (Wildman–Crippen MR) is 159 cm³/mol. The van der Waals surface area contributed by atoms with Crippen molar-refractivity contribution in [1.82, 2.24) is 30.4 Å². The first-order valence-electron chi connectivity index (χ1n) is 11.5. The Kier molecular flexibility index (Phi) is 11.9. The van der Waals surface area contributed by atoms with E-state index in [1.54, 1.807) is 38.9 Å². The fourth-order valence-corrected chi connectivity index (χ4v) is 5.22. The largest absolute Gasteiger partial charge is 0.290 e. The van der Waals surface area contributed by atoms with Crippen LogP contribution in [0.5, 0.6) is 0 Å². The number of hydrogen-bond donors (Lipinski definition) is 1. The summed E-state index contributed by atoms with van der Waals surface area (Å²) in [7, 11) is 3.35. The van der Waals surface area contributed by atoms with Gasteiger partial charge in [0.25, 0.3) is 0 Å². The molecule has 0 aliphatic heterocycles. The van der Waals surface area contributed by atoms with Crippen molar-refractivity contribution in [3.8, 4) is 21.1 Å². The van der Waals surface area contributed by atoms with Crippen LogP contribution in [0.1, 0.15) is 19.8 Å². The van der Waals surface area contributed by atoms with Gasteiger partial charge in [0.05, 0.1) is 0 Å². The van der Waals surface area contributed by atoms with Gasteiger partial charge in [0.2, 0.25) is 22.1 Å². The molecule has 0 unspecified atom stereocenters. The summed E-state index contributed by atoms with van der Waals surface area (Å²) in [6.45, 7) is 1.49. The number of carbonyl (C=O) groups is 3. The Hall–Kier alpha value is -3.27. The summed E-state index contributed by atoms with van der Waals surface area (Å²) in [4.78, 5) is 45.6. The third-order valence-corrected chi connectivity index (χ3v) is 8.05. The van der Waals surface area contributed by atoms with E-state index in [4.69, 9.17) is 0 Å². The van der Waals surface area contributed by atoms with Crippen LogP contribution >= 0.6 is 47.1 Å². The Labute approximate surface area is 243 Å². The van der Waals surface area contributed by atoms with E-state index in [9.17, 15) is 14.4 Å². The second-order valence-corrected chi connectivity index (χ2v) is 11.4. The van der Waals surface area contributed by atoms with Crippen LogP contribution in [0, 0.1) is 0 Å². The van der Waals surface area contributed by atoms with Crippen molar-refractivity contribution in [3.63, 3.8) is 0 Å². The lowest BCUT2D eigenvalue weighted by Gasteiger charge is -2.12. The van der Waals surface area contributed by atoms with Gasteiger partial charge in [-0.3, -0.25) is 34.2 Å². The predicted octanol–water partition coefficient (Wildman–Crippen LogP) is 4.12. The van der Waals surface area contributed by atoms with Gasteiger partial charge in [-0.1, -0.05) is 34.4 Å². The van der Waals surface area contributed by atoms with Crippen LogP contribution in [0.3, 0.4) is 0 Å². The first kappa shape index (κ1) is 30.3. The first-order chi connectivity index (χ1) is 18.8. The summed E-state index contributed by atoms with van der Waals surface area (Å²) in [6.07, 6.45) is 7.50. The summed E-state index contributed by atoms with van der Waals surface area (Å²) in [5, 5.41) is 18.8. The minimum Gasteiger partial charge on any atom is -0.290 e. The fourth-order valence-electron chi connectivity index (χ4n) is 2.84. The maximum Gasteiger partial charge on any atom is 0.229 e. The zero-order valence-electron chi connectivity index (χ0n) is 21.4. The summed E-state index contributed by atoms with van der Waals surface area (Å²) in [5.74, 6) is 0.904. The number of thioether (sulfide) groups is 1. The van der Waals surface area contributed by atoms with Crippen LogP contribution in [0.2, 0.25) is 0 Å². The molecule has 11 nitrogen and oxygen atoms in total. The summed E-state index contributed by atoms with van der Waals surface area (Å²) < 4.78 is 0. The molecular formula is C24H26N8O3S4. The molecule has 4 heterocycles. The van der Waals surface area contributed by atoms with Gasteiger partial charge >= 0.3 is 0 Å². The van der Waals surface area contributed by atoms with Crippen molar-refractivity contribution in [2.24, 2.45) is 0 Å². The van der Waals surface area contributed by atoms with Crippen molar-refractivity contribution < 1.29 is 14.4 Å². The Morgan fingerprint density at radius 3 is 1.72 bits per heavy atom. The van der Waals surface area contributed by atoms with Gasteiger partial charge in [0.1, 0.15) is 0 Å². The van der Waals surface area contributed by atoms with E-state index in [0.717, 1.165) is 32.9 Å². The Bertz CT molecular complexity index is 1370. The molecule has 0 atom stereocenters. The molecular weight excluding hydrogens is 577 g/mol. The number of aromatic nitrogens is 6. The smallest absolute Gasteiger partial charge is 0.229 e. The number of pyridine rings is 2. The van der Waals surface area contributed by atoms with Gasteiger partial charge in [0.15, 0.2) is 15.1 Å².